The molecule has 0 radical (unpaired) electrons. The highest BCUT2D eigenvalue weighted by molar-refractivity contribution is 7.99. The van der Waals surface area contributed by atoms with E-state index in [0.29, 0.717) is 17.0 Å². The first-order valence-corrected chi connectivity index (χ1v) is 7.18. The van der Waals surface area contributed by atoms with Crippen molar-refractivity contribution in [2.45, 2.75) is 30.1 Å². The van der Waals surface area contributed by atoms with Crippen LogP contribution in [0.25, 0.3) is 11.1 Å². The number of carbonyl (C=O) groups is 1. The second kappa shape index (κ2) is 5.22. The van der Waals surface area contributed by atoms with Crippen LogP contribution in [0.15, 0.2) is 33.9 Å². The Morgan fingerprint density at radius 3 is 3.00 bits per heavy atom. The molecule has 1 unspecified atom stereocenters. The van der Waals surface area contributed by atoms with Crippen molar-refractivity contribution < 1.29 is 14.3 Å². The van der Waals surface area contributed by atoms with Crippen molar-refractivity contribution in [2.75, 3.05) is 5.75 Å². The number of para-hydroxylation sites is 2. The molecule has 100 valence electrons. The molecule has 0 amide bonds. The Morgan fingerprint density at radius 2 is 2.32 bits per heavy atom. The van der Waals surface area contributed by atoms with Crippen LogP contribution in [0.5, 0.6) is 0 Å². The van der Waals surface area contributed by atoms with Gasteiger partial charge in [-0.25, -0.2) is 4.98 Å². The Balaban J connectivity index is 1.64. The number of nitrogens with zero attached hydrogens (tertiary/aromatic N) is 1. The van der Waals surface area contributed by atoms with Gasteiger partial charge in [0.25, 0.3) is 5.22 Å². The summed E-state index contributed by atoms with van der Waals surface area (Å²) in [4.78, 5) is 15.4. The van der Waals surface area contributed by atoms with Gasteiger partial charge in [-0.3, -0.25) is 4.79 Å². The lowest BCUT2D eigenvalue weighted by Gasteiger charge is -2.11. The van der Waals surface area contributed by atoms with E-state index in [4.69, 9.17) is 9.52 Å². The standard InChI is InChI=1S/C13H14N2O3S/c16-12(17)10(14-8-5-6-8)7-19-13-15-9-3-1-2-4-11(9)18-13/h1-4,8,10,14H,5-7H2,(H,16,17). The third-order valence-electron chi connectivity index (χ3n) is 2.96. The first-order chi connectivity index (χ1) is 9.22. The van der Waals surface area contributed by atoms with Crippen molar-refractivity contribution in [3.05, 3.63) is 24.3 Å². The molecule has 6 heteroatoms. The number of nitrogens with one attached hydrogen (secondary N) is 1. The van der Waals surface area contributed by atoms with Crippen LogP contribution >= 0.6 is 11.8 Å². The molecule has 2 N–H and O–H groups in total. The predicted molar refractivity (Wildman–Crippen MR) is 72.3 cm³/mol. The van der Waals surface area contributed by atoms with Crippen molar-refractivity contribution >= 4 is 28.8 Å². The van der Waals surface area contributed by atoms with Gasteiger partial charge in [-0.05, 0) is 25.0 Å². The van der Waals surface area contributed by atoms with Crippen LogP contribution in [0.2, 0.25) is 0 Å². The lowest BCUT2D eigenvalue weighted by atomic mass is 10.3. The van der Waals surface area contributed by atoms with Crippen LogP contribution in [0.4, 0.5) is 0 Å². The molecule has 0 saturated heterocycles. The van der Waals surface area contributed by atoms with E-state index in [0.717, 1.165) is 23.9 Å². The first-order valence-electron chi connectivity index (χ1n) is 6.19. The Bertz CT molecular complexity index is 561. The summed E-state index contributed by atoms with van der Waals surface area (Å²) >= 11 is 1.33. The van der Waals surface area contributed by atoms with E-state index < -0.39 is 12.0 Å². The van der Waals surface area contributed by atoms with Crippen molar-refractivity contribution in [1.82, 2.24) is 10.3 Å². The fourth-order valence-electron chi connectivity index (χ4n) is 1.79. The quantitative estimate of drug-likeness (QED) is 0.788. The monoisotopic (exact) mass is 278 g/mol. The number of benzene rings is 1. The summed E-state index contributed by atoms with van der Waals surface area (Å²) in [5, 5.41) is 12.8. The maximum absolute atomic E-state index is 11.1. The number of aliphatic carboxylic acids is 1. The Morgan fingerprint density at radius 1 is 1.53 bits per heavy atom. The summed E-state index contributed by atoms with van der Waals surface area (Å²) in [6.45, 7) is 0. The van der Waals surface area contributed by atoms with Crippen LogP contribution in [-0.4, -0.2) is 33.9 Å². The highest BCUT2D eigenvalue weighted by Crippen LogP contribution is 2.25. The van der Waals surface area contributed by atoms with Crippen LogP contribution in [-0.2, 0) is 4.79 Å². The fraction of sp³-hybridized carbons (Fsp3) is 0.385. The second-order valence-corrected chi connectivity index (χ2v) is 5.56. The molecular formula is C13H14N2O3S. The van der Waals surface area contributed by atoms with Crippen LogP contribution < -0.4 is 5.32 Å². The van der Waals surface area contributed by atoms with Gasteiger partial charge in [-0.2, -0.15) is 0 Å². The third-order valence-corrected chi connectivity index (χ3v) is 3.88. The van der Waals surface area contributed by atoms with Gasteiger partial charge in [-0.1, -0.05) is 23.9 Å². The largest absolute Gasteiger partial charge is 0.480 e. The van der Waals surface area contributed by atoms with Gasteiger partial charge in [0.05, 0.1) is 0 Å². The maximum Gasteiger partial charge on any atom is 0.321 e. The van der Waals surface area contributed by atoms with E-state index in [9.17, 15) is 4.79 Å². The summed E-state index contributed by atoms with van der Waals surface area (Å²) in [5.41, 5.74) is 1.53. The molecule has 1 aliphatic rings. The van der Waals surface area contributed by atoms with Crippen molar-refractivity contribution in [3.8, 4) is 0 Å². The average molecular weight is 278 g/mol. The summed E-state index contributed by atoms with van der Waals surface area (Å²) in [7, 11) is 0. The van der Waals surface area contributed by atoms with Crippen LogP contribution in [0.1, 0.15) is 12.8 Å². The number of oxazole rings is 1. The van der Waals surface area contributed by atoms with Gasteiger partial charge in [0.15, 0.2) is 5.58 Å². The van der Waals surface area contributed by atoms with Gasteiger partial charge < -0.3 is 14.8 Å². The number of aromatic nitrogens is 1. The van der Waals surface area contributed by atoms with E-state index in [1.54, 1.807) is 0 Å². The molecule has 1 aromatic carbocycles. The van der Waals surface area contributed by atoms with Gasteiger partial charge >= 0.3 is 5.97 Å². The summed E-state index contributed by atoms with van der Waals surface area (Å²) in [6.07, 6.45) is 2.13. The van der Waals surface area contributed by atoms with Gasteiger partial charge in [0, 0.05) is 11.8 Å². The smallest absolute Gasteiger partial charge is 0.321 e. The molecule has 2 aromatic rings. The summed E-state index contributed by atoms with van der Waals surface area (Å²) < 4.78 is 5.55. The first kappa shape index (κ1) is 12.5. The number of thioether (sulfide) groups is 1. The number of rotatable bonds is 6. The van der Waals surface area contributed by atoms with Gasteiger partial charge in [0.2, 0.25) is 0 Å². The lowest BCUT2D eigenvalue weighted by Crippen LogP contribution is -2.40. The Kier molecular flexibility index (Phi) is 3.44. The lowest BCUT2D eigenvalue weighted by molar-refractivity contribution is -0.138. The third kappa shape index (κ3) is 3.08. The molecule has 1 atom stereocenters. The Labute approximate surface area is 114 Å². The molecule has 0 aliphatic heterocycles. The van der Waals surface area contributed by atoms with E-state index in [2.05, 4.69) is 10.3 Å². The highest BCUT2D eigenvalue weighted by Gasteiger charge is 2.28. The molecule has 19 heavy (non-hydrogen) atoms. The number of fused-ring (bicyclic) bond motifs is 1. The maximum atomic E-state index is 11.1. The minimum Gasteiger partial charge on any atom is -0.480 e. The SMILES string of the molecule is O=C(O)C(CSc1nc2ccccc2o1)NC1CC1. The zero-order valence-corrected chi connectivity index (χ0v) is 11.0. The molecule has 1 fully saturated rings. The van der Waals surface area contributed by atoms with Gasteiger partial charge in [0.1, 0.15) is 11.6 Å². The minimum absolute atomic E-state index is 0.366. The van der Waals surface area contributed by atoms with E-state index in [1.165, 1.54) is 11.8 Å². The van der Waals surface area contributed by atoms with Crippen LogP contribution in [0.3, 0.4) is 0 Å². The summed E-state index contributed by atoms with van der Waals surface area (Å²) in [5.74, 6) is -0.408. The topological polar surface area (TPSA) is 75.4 Å². The molecule has 5 nitrogen and oxygen atoms in total. The minimum atomic E-state index is -0.824. The van der Waals surface area contributed by atoms with Crippen LogP contribution in [0, 0.1) is 0 Å². The molecule has 0 spiro atoms. The zero-order valence-electron chi connectivity index (χ0n) is 10.2. The van der Waals surface area contributed by atoms with Crippen molar-refractivity contribution in [1.29, 1.82) is 0 Å². The van der Waals surface area contributed by atoms with Gasteiger partial charge in [-0.15, -0.1) is 0 Å². The molecule has 1 heterocycles. The second-order valence-electron chi connectivity index (χ2n) is 4.59. The molecule has 1 aromatic heterocycles. The van der Waals surface area contributed by atoms with Crippen molar-refractivity contribution in [3.63, 3.8) is 0 Å². The summed E-state index contributed by atoms with van der Waals surface area (Å²) in [6, 6.07) is 7.33. The predicted octanol–water partition coefficient (Wildman–Crippen LogP) is 2.13. The fourth-order valence-corrected chi connectivity index (χ4v) is 2.65. The van der Waals surface area contributed by atoms with E-state index in [1.807, 2.05) is 24.3 Å². The Hall–Kier alpha value is -1.53. The average Bonchev–Trinajstić information content (AvgIpc) is 3.11. The molecular weight excluding hydrogens is 264 g/mol. The zero-order chi connectivity index (χ0) is 13.2. The number of carboxylic acids is 1. The molecule has 0 bridgehead atoms. The van der Waals surface area contributed by atoms with E-state index >= 15 is 0 Å². The number of carboxylic acid groups (broad SMARTS) is 1. The van der Waals surface area contributed by atoms with E-state index in [-0.39, 0.29) is 0 Å². The molecule has 1 saturated carbocycles. The molecule has 1 aliphatic carbocycles. The number of hydrogen-bond donors (Lipinski definition) is 2. The number of hydrogen-bond acceptors (Lipinski definition) is 5. The highest BCUT2D eigenvalue weighted by atomic mass is 32.2. The normalized spacial score (nSPS) is 16.6. The molecule has 3 rings (SSSR count). The van der Waals surface area contributed by atoms with Crippen molar-refractivity contribution in [2.24, 2.45) is 0 Å².